The van der Waals surface area contributed by atoms with Crippen LogP contribution in [0, 0.1) is 0 Å². The van der Waals surface area contributed by atoms with Crippen molar-refractivity contribution in [2.24, 2.45) is 0 Å². The molecule has 0 saturated heterocycles. The van der Waals surface area contributed by atoms with Crippen LogP contribution in [0.3, 0.4) is 0 Å². The van der Waals surface area contributed by atoms with Crippen LogP contribution in [0.1, 0.15) is 5.69 Å². The number of carbonyl (C=O) groups is 1. The Hall–Kier alpha value is -2.15. The molecule has 7 nitrogen and oxygen atoms in total. The summed E-state index contributed by atoms with van der Waals surface area (Å²) in [7, 11) is 0. The molecule has 0 amide bonds. The molecule has 0 saturated carbocycles. The summed E-state index contributed by atoms with van der Waals surface area (Å²) < 4.78 is 2.68. The van der Waals surface area contributed by atoms with Crippen LogP contribution in [0.2, 0.25) is 0 Å². The van der Waals surface area contributed by atoms with E-state index in [2.05, 4.69) is 10.2 Å². The minimum Gasteiger partial charge on any atom is -0.480 e. The molecule has 94 valence electrons. The Labute approximate surface area is 106 Å². The van der Waals surface area contributed by atoms with E-state index in [1.807, 2.05) is 0 Å². The van der Waals surface area contributed by atoms with E-state index in [4.69, 9.17) is 16.7 Å². The predicted octanol–water partition coefficient (Wildman–Crippen LogP) is 0.252. The summed E-state index contributed by atoms with van der Waals surface area (Å²) in [5.41, 5.74) is 0.548. The third-order valence-corrected chi connectivity index (χ3v) is 2.44. The highest BCUT2D eigenvalue weighted by molar-refractivity contribution is 6.16. The lowest BCUT2D eigenvalue weighted by Gasteiger charge is -2.02. The van der Waals surface area contributed by atoms with Gasteiger partial charge in [-0.15, -0.1) is 11.6 Å². The van der Waals surface area contributed by atoms with Crippen LogP contribution in [0.25, 0.3) is 5.69 Å². The number of alkyl halides is 1. The lowest BCUT2D eigenvalue weighted by Crippen LogP contribution is -2.14. The molecular formula is C10H9ClN4O3. The summed E-state index contributed by atoms with van der Waals surface area (Å²) in [6, 6.07) is 1.35. The number of rotatable bonds is 4. The smallest absolute Gasteiger partial charge is 0.325 e. The Morgan fingerprint density at radius 3 is 2.94 bits per heavy atom. The van der Waals surface area contributed by atoms with Crippen LogP contribution in [0.4, 0.5) is 0 Å². The van der Waals surface area contributed by atoms with Crippen LogP contribution in [0.5, 0.6) is 0 Å². The van der Waals surface area contributed by atoms with Gasteiger partial charge in [0, 0.05) is 12.3 Å². The first kappa shape index (κ1) is 12.3. The van der Waals surface area contributed by atoms with Crippen molar-refractivity contribution >= 4 is 17.6 Å². The quantitative estimate of drug-likeness (QED) is 0.803. The molecule has 2 aromatic rings. The van der Waals surface area contributed by atoms with Gasteiger partial charge in [-0.3, -0.25) is 14.3 Å². The zero-order chi connectivity index (χ0) is 13.1. The first-order valence-electron chi connectivity index (χ1n) is 4.99. The van der Waals surface area contributed by atoms with Gasteiger partial charge < -0.3 is 5.11 Å². The number of hydrogen-bond donors (Lipinski definition) is 1. The van der Waals surface area contributed by atoms with E-state index in [1.54, 1.807) is 0 Å². The van der Waals surface area contributed by atoms with Crippen molar-refractivity contribution in [1.29, 1.82) is 0 Å². The molecule has 0 fully saturated rings. The second-order valence-corrected chi connectivity index (χ2v) is 3.76. The highest BCUT2D eigenvalue weighted by Crippen LogP contribution is 2.04. The normalized spacial score (nSPS) is 10.5. The molecule has 2 aromatic heterocycles. The maximum atomic E-state index is 11.3. The van der Waals surface area contributed by atoms with E-state index in [0.29, 0.717) is 5.69 Å². The van der Waals surface area contributed by atoms with Gasteiger partial charge in [-0.1, -0.05) is 0 Å². The maximum absolute atomic E-state index is 11.3. The third-order valence-electron chi connectivity index (χ3n) is 2.19. The van der Waals surface area contributed by atoms with E-state index >= 15 is 0 Å². The Kier molecular flexibility index (Phi) is 3.42. The zero-order valence-electron chi connectivity index (χ0n) is 9.15. The molecule has 1 N–H and O–H groups in total. The average Bonchev–Trinajstić information content (AvgIpc) is 2.77. The Morgan fingerprint density at radius 1 is 1.50 bits per heavy atom. The van der Waals surface area contributed by atoms with Gasteiger partial charge in [0.25, 0.3) is 0 Å². The number of halogens is 1. The van der Waals surface area contributed by atoms with Gasteiger partial charge >= 0.3 is 5.97 Å². The van der Waals surface area contributed by atoms with E-state index in [0.717, 1.165) is 0 Å². The average molecular weight is 269 g/mol. The minimum atomic E-state index is -0.987. The Balaban J connectivity index is 2.34. The fourth-order valence-corrected chi connectivity index (χ4v) is 1.56. The number of aliphatic carboxylic acids is 1. The second kappa shape index (κ2) is 5.01. The molecule has 0 radical (unpaired) electrons. The predicted molar refractivity (Wildman–Crippen MR) is 62.8 cm³/mol. The van der Waals surface area contributed by atoms with Crippen molar-refractivity contribution in [3.05, 3.63) is 40.6 Å². The molecular weight excluding hydrogens is 260 g/mol. The molecule has 2 heterocycles. The van der Waals surface area contributed by atoms with Crippen molar-refractivity contribution in [2.45, 2.75) is 12.4 Å². The van der Waals surface area contributed by atoms with Gasteiger partial charge in [0.1, 0.15) is 17.9 Å². The van der Waals surface area contributed by atoms with Crippen LogP contribution in [-0.4, -0.2) is 30.6 Å². The van der Waals surface area contributed by atoms with Gasteiger partial charge in [0.05, 0.1) is 18.3 Å². The summed E-state index contributed by atoms with van der Waals surface area (Å²) in [5, 5.41) is 16.5. The summed E-state index contributed by atoms with van der Waals surface area (Å²) >= 11 is 5.59. The largest absolute Gasteiger partial charge is 0.480 e. The SMILES string of the molecule is O=C(O)Cn1cc(-n2ccc(=O)c(CCl)n2)cn1. The molecule has 2 rings (SSSR count). The van der Waals surface area contributed by atoms with Gasteiger partial charge in [-0.25, -0.2) is 4.68 Å². The standard InChI is InChI=1S/C10H9ClN4O3/c11-3-8-9(16)1-2-15(13-8)7-4-12-14(5-7)6-10(17)18/h1-2,4-5H,3,6H2,(H,17,18). The number of aromatic nitrogens is 4. The van der Waals surface area contributed by atoms with Crippen LogP contribution in [0.15, 0.2) is 29.5 Å². The van der Waals surface area contributed by atoms with E-state index in [-0.39, 0.29) is 23.5 Å². The Bertz CT molecular complexity index is 634. The first-order valence-corrected chi connectivity index (χ1v) is 5.53. The van der Waals surface area contributed by atoms with Crippen molar-refractivity contribution < 1.29 is 9.90 Å². The van der Waals surface area contributed by atoms with Crippen molar-refractivity contribution in [2.75, 3.05) is 0 Å². The summed E-state index contributed by atoms with van der Waals surface area (Å²) in [6.45, 7) is -0.234. The Morgan fingerprint density at radius 2 is 2.28 bits per heavy atom. The van der Waals surface area contributed by atoms with Crippen molar-refractivity contribution in [3.63, 3.8) is 0 Å². The maximum Gasteiger partial charge on any atom is 0.325 e. The number of nitrogens with zero attached hydrogens (tertiary/aromatic N) is 4. The topological polar surface area (TPSA) is 90.0 Å². The van der Waals surface area contributed by atoms with Crippen LogP contribution >= 0.6 is 11.6 Å². The summed E-state index contributed by atoms with van der Waals surface area (Å²) in [6.07, 6.45) is 4.45. The molecule has 0 bridgehead atoms. The third kappa shape index (κ3) is 2.57. The molecule has 0 unspecified atom stereocenters. The molecule has 0 aliphatic rings. The van der Waals surface area contributed by atoms with Gasteiger partial charge in [-0.2, -0.15) is 10.2 Å². The summed E-state index contributed by atoms with van der Waals surface area (Å²) in [5.74, 6) is -0.970. The van der Waals surface area contributed by atoms with Crippen LogP contribution in [-0.2, 0) is 17.2 Å². The van der Waals surface area contributed by atoms with Crippen molar-refractivity contribution in [3.8, 4) is 5.69 Å². The van der Waals surface area contributed by atoms with E-state index < -0.39 is 5.97 Å². The number of carboxylic acid groups (broad SMARTS) is 1. The fraction of sp³-hybridized carbons (Fsp3) is 0.200. The molecule has 0 spiro atoms. The monoisotopic (exact) mass is 268 g/mol. The number of carboxylic acids is 1. The molecule has 18 heavy (non-hydrogen) atoms. The fourth-order valence-electron chi connectivity index (χ4n) is 1.38. The molecule has 0 atom stereocenters. The molecule has 0 aliphatic heterocycles. The lowest BCUT2D eigenvalue weighted by molar-refractivity contribution is -0.137. The zero-order valence-corrected chi connectivity index (χ0v) is 9.91. The highest BCUT2D eigenvalue weighted by Gasteiger charge is 2.06. The number of hydrogen-bond acceptors (Lipinski definition) is 4. The molecule has 0 aromatic carbocycles. The summed E-state index contributed by atoms with van der Waals surface area (Å²) in [4.78, 5) is 21.8. The van der Waals surface area contributed by atoms with Crippen LogP contribution < -0.4 is 5.43 Å². The van der Waals surface area contributed by atoms with E-state index in [1.165, 1.54) is 34.0 Å². The molecule has 8 heteroatoms. The molecule has 0 aliphatic carbocycles. The minimum absolute atomic E-state index is 0.0168. The second-order valence-electron chi connectivity index (χ2n) is 3.49. The van der Waals surface area contributed by atoms with Crippen molar-refractivity contribution in [1.82, 2.24) is 19.6 Å². The van der Waals surface area contributed by atoms with Gasteiger partial charge in [0.2, 0.25) is 5.43 Å². The van der Waals surface area contributed by atoms with E-state index in [9.17, 15) is 9.59 Å². The van der Waals surface area contributed by atoms with Gasteiger partial charge in [-0.05, 0) is 0 Å². The lowest BCUT2D eigenvalue weighted by atomic mass is 10.4. The van der Waals surface area contributed by atoms with Gasteiger partial charge in [0.15, 0.2) is 0 Å². The first-order chi connectivity index (χ1) is 8.60. The highest BCUT2D eigenvalue weighted by atomic mass is 35.5.